The fourth-order valence-corrected chi connectivity index (χ4v) is 2.14. The maximum absolute atomic E-state index is 11.1. The van der Waals surface area contributed by atoms with Gasteiger partial charge < -0.3 is 15.6 Å². The summed E-state index contributed by atoms with van der Waals surface area (Å²) in [6.07, 6.45) is 1.05. The summed E-state index contributed by atoms with van der Waals surface area (Å²) in [5.74, 6) is -1.05. The zero-order valence-corrected chi connectivity index (χ0v) is 9.39. The van der Waals surface area contributed by atoms with Crippen molar-refractivity contribution in [2.45, 2.75) is 18.9 Å². The first kappa shape index (κ1) is 12.9. The van der Waals surface area contributed by atoms with E-state index in [1.807, 2.05) is 0 Å². The van der Waals surface area contributed by atoms with E-state index in [1.54, 1.807) is 4.90 Å². The van der Waals surface area contributed by atoms with Crippen molar-refractivity contribution in [1.82, 2.24) is 4.90 Å². The van der Waals surface area contributed by atoms with E-state index in [1.165, 1.54) is 7.11 Å². The summed E-state index contributed by atoms with van der Waals surface area (Å²) in [6, 6.07) is -0.0669. The molecule has 1 aliphatic heterocycles. The van der Waals surface area contributed by atoms with Gasteiger partial charge in [-0.05, 0) is 12.3 Å². The van der Waals surface area contributed by atoms with Crippen molar-refractivity contribution in [1.29, 1.82) is 0 Å². The number of piperidine rings is 1. The Kier molecular flexibility index (Phi) is 4.70. The molecule has 6 nitrogen and oxygen atoms in total. The second kappa shape index (κ2) is 5.81. The van der Waals surface area contributed by atoms with Crippen LogP contribution in [0.15, 0.2) is 0 Å². The number of carbonyl (C=O) groups excluding carboxylic acids is 1. The lowest BCUT2D eigenvalue weighted by Crippen LogP contribution is -2.49. The van der Waals surface area contributed by atoms with E-state index in [-0.39, 0.29) is 24.5 Å². The van der Waals surface area contributed by atoms with Crippen LogP contribution in [0.5, 0.6) is 0 Å². The van der Waals surface area contributed by atoms with Crippen LogP contribution in [0.2, 0.25) is 0 Å². The molecule has 92 valence electrons. The molecule has 2 unspecified atom stereocenters. The molecule has 1 fully saturated rings. The largest absolute Gasteiger partial charge is 0.480 e. The fourth-order valence-electron chi connectivity index (χ4n) is 2.14. The first-order valence-corrected chi connectivity index (χ1v) is 5.27. The number of hydrogen-bond acceptors (Lipinski definition) is 5. The van der Waals surface area contributed by atoms with Crippen molar-refractivity contribution in [3.05, 3.63) is 0 Å². The number of carbonyl (C=O) groups is 2. The minimum atomic E-state index is -0.870. The number of nitrogens with two attached hydrogens (primary N) is 1. The molecule has 1 aliphatic rings. The van der Waals surface area contributed by atoms with Gasteiger partial charge >= 0.3 is 11.9 Å². The van der Waals surface area contributed by atoms with E-state index >= 15 is 0 Å². The number of likely N-dealkylation sites (tertiary alicyclic amines) is 1. The topological polar surface area (TPSA) is 92.9 Å². The number of aliphatic carboxylic acids is 1. The van der Waals surface area contributed by atoms with Crippen molar-refractivity contribution in [3.63, 3.8) is 0 Å². The number of rotatable bonds is 4. The molecule has 0 radical (unpaired) electrons. The van der Waals surface area contributed by atoms with Crippen LogP contribution in [0.25, 0.3) is 0 Å². The third kappa shape index (κ3) is 4.16. The van der Waals surface area contributed by atoms with Gasteiger partial charge in [0.2, 0.25) is 0 Å². The minimum absolute atomic E-state index is 0.0224. The summed E-state index contributed by atoms with van der Waals surface area (Å²) in [5, 5.41) is 8.69. The normalized spacial score (nSPS) is 26.4. The van der Waals surface area contributed by atoms with E-state index in [4.69, 9.17) is 10.8 Å². The second-order valence-corrected chi connectivity index (χ2v) is 4.23. The highest BCUT2D eigenvalue weighted by Gasteiger charge is 2.27. The summed E-state index contributed by atoms with van der Waals surface area (Å²) >= 11 is 0. The standard InChI is InChI=1S/C10H18N2O4/c1-16-10(15)3-7-2-8(11)5-12(4-7)6-9(13)14/h7-8H,2-6,11H2,1H3,(H,13,14). The summed E-state index contributed by atoms with van der Waals surface area (Å²) in [5.41, 5.74) is 5.82. The molecule has 0 aromatic heterocycles. The lowest BCUT2D eigenvalue weighted by Gasteiger charge is -2.34. The third-order valence-electron chi connectivity index (χ3n) is 2.69. The molecule has 2 atom stereocenters. The smallest absolute Gasteiger partial charge is 0.317 e. The van der Waals surface area contributed by atoms with Crippen LogP contribution in [0.3, 0.4) is 0 Å². The van der Waals surface area contributed by atoms with Gasteiger partial charge in [-0.15, -0.1) is 0 Å². The first-order valence-electron chi connectivity index (χ1n) is 5.27. The van der Waals surface area contributed by atoms with Gasteiger partial charge in [0.15, 0.2) is 0 Å². The second-order valence-electron chi connectivity index (χ2n) is 4.23. The lowest BCUT2D eigenvalue weighted by molar-refractivity contribution is -0.142. The molecule has 3 N–H and O–H groups in total. The Hall–Kier alpha value is -1.14. The van der Waals surface area contributed by atoms with Crippen molar-refractivity contribution in [2.75, 3.05) is 26.7 Å². The molecule has 6 heteroatoms. The Bertz CT molecular complexity index is 270. The average Bonchev–Trinajstić information content (AvgIpc) is 2.15. The zero-order valence-electron chi connectivity index (χ0n) is 9.39. The van der Waals surface area contributed by atoms with Gasteiger partial charge in [0, 0.05) is 25.6 Å². The summed E-state index contributed by atoms with van der Waals surface area (Å²) in [6.45, 7) is 1.14. The number of esters is 1. The van der Waals surface area contributed by atoms with Gasteiger partial charge in [-0.1, -0.05) is 0 Å². The molecule has 1 rings (SSSR count). The van der Waals surface area contributed by atoms with Crippen LogP contribution in [0, 0.1) is 5.92 Å². The third-order valence-corrected chi connectivity index (χ3v) is 2.69. The molecule has 16 heavy (non-hydrogen) atoms. The Morgan fingerprint density at radius 2 is 2.19 bits per heavy atom. The molecule has 0 spiro atoms. The zero-order chi connectivity index (χ0) is 12.1. The maximum Gasteiger partial charge on any atom is 0.317 e. The van der Waals surface area contributed by atoms with Crippen LogP contribution in [0.1, 0.15) is 12.8 Å². The van der Waals surface area contributed by atoms with Gasteiger partial charge in [0.05, 0.1) is 13.7 Å². The molecular weight excluding hydrogens is 212 g/mol. The molecule has 0 aromatic rings. The predicted octanol–water partition coefficient (Wildman–Crippen LogP) is -0.717. The van der Waals surface area contributed by atoms with Crippen LogP contribution in [-0.2, 0) is 14.3 Å². The molecule has 0 aliphatic carbocycles. The molecule has 1 saturated heterocycles. The summed E-state index contributed by atoms with van der Waals surface area (Å²) in [4.78, 5) is 23.5. The van der Waals surface area contributed by atoms with Crippen LogP contribution >= 0.6 is 0 Å². The van der Waals surface area contributed by atoms with Gasteiger partial charge in [0.1, 0.15) is 0 Å². The average molecular weight is 230 g/mol. The van der Waals surface area contributed by atoms with Crippen LogP contribution in [0.4, 0.5) is 0 Å². The van der Waals surface area contributed by atoms with Crippen molar-refractivity contribution in [2.24, 2.45) is 11.7 Å². The van der Waals surface area contributed by atoms with Gasteiger partial charge in [-0.3, -0.25) is 14.5 Å². The van der Waals surface area contributed by atoms with E-state index in [0.29, 0.717) is 19.5 Å². The summed E-state index contributed by atoms with van der Waals surface area (Å²) < 4.78 is 4.59. The first-order chi connectivity index (χ1) is 7.51. The number of carboxylic acids is 1. The van der Waals surface area contributed by atoms with Gasteiger partial charge in [-0.25, -0.2) is 0 Å². The quantitative estimate of drug-likeness (QED) is 0.619. The maximum atomic E-state index is 11.1. The number of carboxylic acid groups (broad SMARTS) is 1. The van der Waals surface area contributed by atoms with E-state index < -0.39 is 5.97 Å². The van der Waals surface area contributed by atoms with E-state index in [2.05, 4.69) is 4.74 Å². The number of hydrogen-bond donors (Lipinski definition) is 2. The molecule has 1 heterocycles. The Morgan fingerprint density at radius 1 is 1.50 bits per heavy atom. The van der Waals surface area contributed by atoms with Crippen LogP contribution < -0.4 is 5.73 Å². The Balaban J connectivity index is 2.47. The van der Waals surface area contributed by atoms with E-state index in [9.17, 15) is 9.59 Å². The molecule has 0 bridgehead atoms. The fraction of sp³-hybridized carbons (Fsp3) is 0.800. The molecular formula is C10H18N2O4. The van der Waals surface area contributed by atoms with Crippen molar-refractivity contribution in [3.8, 4) is 0 Å². The molecule has 0 saturated carbocycles. The SMILES string of the molecule is COC(=O)CC1CC(N)CN(CC(=O)O)C1. The van der Waals surface area contributed by atoms with Crippen molar-refractivity contribution >= 4 is 11.9 Å². The Labute approximate surface area is 94.3 Å². The molecule has 0 amide bonds. The monoisotopic (exact) mass is 230 g/mol. The van der Waals surface area contributed by atoms with Crippen LogP contribution in [-0.4, -0.2) is 54.7 Å². The number of methoxy groups -OCH3 is 1. The van der Waals surface area contributed by atoms with Gasteiger partial charge in [-0.2, -0.15) is 0 Å². The predicted molar refractivity (Wildman–Crippen MR) is 56.8 cm³/mol. The van der Waals surface area contributed by atoms with Crippen molar-refractivity contribution < 1.29 is 19.4 Å². The number of nitrogens with zero attached hydrogens (tertiary/aromatic N) is 1. The highest BCUT2D eigenvalue weighted by atomic mass is 16.5. The number of ether oxygens (including phenoxy) is 1. The Morgan fingerprint density at radius 3 is 2.75 bits per heavy atom. The highest BCUT2D eigenvalue weighted by molar-refractivity contribution is 5.70. The van der Waals surface area contributed by atoms with E-state index in [0.717, 1.165) is 6.42 Å². The highest BCUT2D eigenvalue weighted by Crippen LogP contribution is 2.19. The van der Waals surface area contributed by atoms with Gasteiger partial charge in [0.25, 0.3) is 0 Å². The molecule has 0 aromatic carbocycles. The summed E-state index contributed by atoms with van der Waals surface area (Å²) in [7, 11) is 1.35. The lowest BCUT2D eigenvalue weighted by atomic mass is 9.92. The minimum Gasteiger partial charge on any atom is -0.480 e.